The Balaban J connectivity index is 1.59. The molecule has 0 saturated heterocycles. The molecule has 0 unspecified atom stereocenters. The molecule has 1 aliphatic rings. The van der Waals surface area contributed by atoms with Crippen molar-refractivity contribution >= 4 is 11.7 Å². The van der Waals surface area contributed by atoms with Gasteiger partial charge in [-0.15, -0.1) is 0 Å². The number of allylic oxidation sites excluding steroid dienone is 2. The number of ketones is 1. The molecular weight excluding hydrogens is 386 g/mol. The summed E-state index contributed by atoms with van der Waals surface area (Å²) in [5.74, 6) is 0.0610. The van der Waals surface area contributed by atoms with Gasteiger partial charge in [0, 0.05) is 42.7 Å². The van der Waals surface area contributed by atoms with Crippen molar-refractivity contribution in [3.05, 3.63) is 70.1 Å². The number of benzene rings is 1. The molecule has 0 bridgehead atoms. The number of carbonyl (C=O) groups excluding carboxylic acids is 2. The standard InChI is InChI=1S/C26H35N3O2/c1-19-16-24(20(2)29(19)15-14-21-8-6-5-7-9-21)25(30)18-28(4)17-22-10-12-23(13-11-22)26(31)27-3/h8,10-13,16H,5-7,9,14-15,17-18H2,1-4H3,(H,27,31). The van der Waals surface area contributed by atoms with E-state index in [0.29, 0.717) is 18.7 Å². The van der Waals surface area contributed by atoms with Crippen molar-refractivity contribution in [2.75, 3.05) is 20.6 Å². The largest absolute Gasteiger partial charge is 0.355 e. The van der Waals surface area contributed by atoms with Crippen LogP contribution in [0.3, 0.4) is 0 Å². The van der Waals surface area contributed by atoms with Gasteiger partial charge in [-0.25, -0.2) is 0 Å². The van der Waals surface area contributed by atoms with Crippen LogP contribution in [0.5, 0.6) is 0 Å². The normalized spacial score (nSPS) is 13.9. The number of amides is 1. The van der Waals surface area contributed by atoms with Gasteiger partial charge in [0.25, 0.3) is 5.91 Å². The second-order valence-electron chi connectivity index (χ2n) is 8.67. The Labute approximate surface area is 186 Å². The Morgan fingerprint density at radius 3 is 2.52 bits per heavy atom. The van der Waals surface area contributed by atoms with Gasteiger partial charge in [-0.1, -0.05) is 23.8 Å². The van der Waals surface area contributed by atoms with Crippen LogP contribution in [0.4, 0.5) is 0 Å². The van der Waals surface area contributed by atoms with Crippen molar-refractivity contribution in [2.45, 2.75) is 59.0 Å². The summed E-state index contributed by atoms with van der Waals surface area (Å²) in [5.41, 5.74) is 6.34. The van der Waals surface area contributed by atoms with E-state index >= 15 is 0 Å². The van der Waals surface area contributed by atoms with Crippen LogP contribution in [0.2, 0.25) is 0 Å². The predicted molar refractivity (Wildman–Crippen MR) is 126 cm³/mol. The van der Waals surface area contributed by atoms with E-state index in [1.54, 1.807) is 12.6 Å². The first-order valence-corrected chi connectivity index (χ1v) is 11.3. The molecule has 1 heterocycles. The lowest BCUT2D eigenvalue weighted by Gasteiger charge is -2.17. The van der Waals surface area contributed by atoms with Gasteiger partial charge in [0.2, 0.25) is 0 Å². The molecule has 31 heavy (non-hydrogen) atoms. The van der Waals surface area contributed by atoms with Crippen LogP contribution in [-0.2, 0) is 13.1 Å². The molecule has 1 amide bonds. The zero-order valence-electron chi connectivity index (χ0n) is 19.3. The number of Topliss-reactive ketones (excluding diaryl/α,β-unsaturated/α-hetero) is 1. The third-order valence-corrected chi connectivity index (χ3v) is 6.22. The van der Waals surface area contributed by atoms with E-state index in [4.69, 9.17) is 0 Å². The van der Waals surface area contributed by atoms with E-state index in [2.05, 4.69) is 29.8 Å². The predicted octanol–water partition coefficient (Wildman–Crippen LogP) is 4.67. The first kappa shape index (κ1) is 23.0. The number of hydrogen-bond donors (Lipinski definition) is 1. The average molecular weight is 422 g/mol. The summed E-state index contributed by atoms with van der Waals surface area (Å²) in [4.78, 5) is 26.7. The maximum atomic E-state index is 13.0. The molecule has 0 aliphatic heterocycles. The number of aryl methyl sites for hydroxylation is 1. The van der Waals surface area contributed by atoms with E-state index in [9.17, 15) is 9.59 Å². The maximum absolute atomic E-state index is 13.0. The van der Waals surface area contributed by atoms with Crippen molar-refractivity contribution in [1.29, 1.82) is 0 Å². The summed E-state index contributed by atoms with van der Waals surface area (Å²) >= 11 is 0. The zero-order chi connectivity index (χ0) is 22.4. The summed E-state index contributed by atoms with van der Waals surface area (Å²) in [6.45, 7) is 6.13. The highest BCUT2D eigenvalue weighted by atomic mass is 16.1. The molecule has 5 heteroatoms. The number of likely N-dealkylation sites (N-methyl/N-ethyl adjacent to an activating group) is 1. The lowest BCUT2D eigenvalue weighted by atomic mass is 9.97. The Bertz CT molecular complexity index is 954. The number of aromatic nitrogens is 1. The second-order valence-corrected chi connectivity index (χ2v) is 8.67. The minimum Gasteiger partial charge on any atom is -0.355 e. The first-order chi connectivity index (χ1) is 14.9. The molecule has 2 aromatic rings. The van der Waals surface area contributed by atoms with E-state index in [1.807, 2.05) is 42.3 Å². The Kier molecular flexibility index (Phi) is 7.85. The summed E-state index contributed by atoms with van der Waals surface area (Å²) in [5, 5.41) is 2.63. The number of carbonyl (C=O) groups is 2. The minimum atomic E-state index is -0.0924. The van der Waals surface area contributed by atoms with Gasteiger partial charge in [0.15, 0.2) is 5.78 Å². The van der Waals surface area contributed by atoms with Gasteiger partial charge in [-0.3, -0.25) is 14.5 Å². The van der Waals surface area contributed by atoms with Crippen LogP contribution in [-0.4, -0.2) is 41.8 Å². The second kappa shape index (κ2) is 10.6. The fourth-order valence-corrected chi connectivity index (χ4v) is 4.42. The van der Waals surface area contributed by atoms with Crippen molar-refractivity contribution in [3.8, 4) is 0 Å². The quantitative estimate of drug-likeness (QED) is 0.473. The number of nitrogens with one attached hydrogen (secondary N) is 1. The van der Waals surface area contributed by atoms with Crippen LogP contribution in [0.15, 0.2) is 42.0 Å². The monoisotopic (exact) mass is 421 g/mol. The fourth-order valence-electron chi connectivity index (χ4n) is 4.42. The van der Waals surface area contributed by atoms with E-state index in [1.165, 1.54) is 25.7 Å². The molecule has 0 fully saturated rings. The molecule has 1 aromatic carbocycles. The van der Waals surface area contributed by atoms with Gasteiger partial charge >= 0.3 is 0 Å². The number of nitrogens with zero attached hydrogens (tertiary/aromatic N) is 2. The molecule has 3 rings (SSSR count). The Morgan fingerprint density at radius 1 is 1.13 bits per heavy atom. The number of rotatable bonds is 9. The van der Waals surface area contributed by atoms with Crippen molar-refractivity contribution in [1.82, 2.24) is 14.8 Å². The highest BCUT2D eigenvalue weighted by Crippen LogP contribution is 2.23. The minimum absolute atomic E-state index is 0.0924. The highest BCUT2D eigenvalue weighted by molar-refractivity contribution is 5.99. The molecule has 0 saturated carbocycles. The van der Waals surface area contributed by atoms with E-state index in [-0.39, 0.29) is 11.7 Å². The van der Waals surface area contributed by atoms with Crippen LogP contribution >= 0.6 is 0 Å². The summed E-state index contributed by atoms with van der Waals surface area (Å²) in [6, 6.07) is 9.56. The fraction of sp³-hybridized carbons (Fsp3) is 0.462. The Morgan fingerprint density at radius 2 is 1.87 bits per heavy atom. The van der Waals surface area contributed by atoms with Crippen LogP contribution < -0.4 is 5.32 Å². The molecule has 1 N–H and O–H groups in total. The van der Waals surface area contributed by atoms with Gasteiger partial charge < -0.3 is 9.88 Å². The molecule has 0 spiro atoms. The highest BCUT2D eigenvalue weighted by Gasteiger charge is 2.18. The van der Waals surface area contributed by atoms with Crippen LogP contribution in [0.1, 0.15) is 69.8 Å². The summed E-state index contributed by atoms with van der Waals surface area (Å²) in [7, 11) is 3.58. The van der Waals surface area contributed by atoms with Crippen LogP contribution in [0, 0.1) is 13.8 Å². The lowest BCUT2D eigenvalue weighted by Crippen LogP contribution is -2.26. The van der Waals surface area contributed by atoms with E-state index in [0.717, 1.165) is 35.5 Å². The molecule has 0 atom stereocenters. The molecule has 1 aliphatic carbocycles. The average Bonchev–Trinajstić information content (AvgIpc) is 3.06. The molecule has 166 valence electrons. The smallest absolute Gasteiger partial charge is 0.251 e. The van der Waals surface area contributed by atoms with Crippen molar-refractivity contribution in [2.24, 2.45) is 0 Å². The van der Waals surface area contributed by atoms with Gasteiger partial charge in [-0.2, -0.15) is 0 Å². The first-order valence-electron chi connectivity index (χ1n) is 11.3. The SMILES string of the molecule is CNC(=O)c1ccc(CN(C)CC(=O)c2cc(C)n(CCC3=CCCCC3)c2C)cc1. The molecule has 5 nitrogen and oxygen atoms in total. The van der Waals surface area contributed by atoms with Crippen molar-refractivity contribution < 1.29 is 9.59 Å². The topological polar surface area (TPSA) is 54.3 Å². The lowest BCUT2D eigenvalue weighted by molar-refractivity contribution is 0.0940. The molecule has 1 aromatic heterocycles. The van der Waals surface area contributed by atoms with Crippen LogP contribution in [0.25, 0.3) is 0 Å². The molecule has 0 radical (unpaired) electrons. The van der Waals surface area contributed by atoms with E-state index < -0.39 is 0 Å². The third kappa shape index (κ3) is 5.95. The van der Waals surface area contributed by atoms with Crippen molar-refractivity contribution in [3.63, 3.8) is 0 Å². The van der Waals surface area contributed by atoms with Gasteiger partial charge in [0.05, 0.1) is 6.54 Å². The van der Waals surface area contributed by atoms with Gasteiger partial charge in [-0.05, 0) is 76.8 Å². The van der Waals surface area contributed by atoms with Gasteiger partial charge in [0.1, 0.15) is 0 Å². The number of hydrogen-bond acceptors (Lipinski definition) is 3. The Hall–Kier alpha value is -2.66. The third-order valence-electron chi connectivity index (χ3n) is 6.22. The zero-order valence-corrected chi connectivity index (χ0v) is 19.3. The molecular formula is C26H35N3O2. The summed E-state index contributed by atoms with van der Waals surface area (Å²) in [6.07, 6.45) is 8.54. The summed E-state index contributed by atoms with van der Waals surface area (Å²) < 4.78 is 2.29. The maximum Gasteiger partial charge on any atom is 0.251 e.